The number of aromatic nitrogens is 2. The number of ether oxygens (including phenoxy) is 2. The lowest BCUT2D eigenvalue weighted by Crippen LogP contribution is -2.38. The molecule has 1 heterocycles. The Morgan fingerprint density at radius 2 is 1.50 bits per heavy atom. The van der Waals surface area contributed by atoms with Gasteiger partial charge >= 0.3 is 0 Å². The summed E-state index contributed by atoms with van der Waals surface area (Å²) in [5, 5.41) is 15.8. The lowest BCUT2D eigenvalue weighted by molar-refractivity contribution is 0.0902. The number of aryl methyl sites for hydroxylation is 1. The Labute approximate surface area is 213 Å². The van der Waals surface area contributed by atoms with Gasteiger partial charge in [-0.1, -0.05) is 60.7 Å². The number of para-hydroxylation sites is 3. The number of hydrogen-bond donors (Lipinski definition) is 1. The molecule has 0 radical (unpaired) electrons. The van der Waals surface area contributed by atoms with Crippen molar-refractivity contribution in [1.29, 1.82) is 0 Å². The SMILES string of the molecule is COc1ccccc1Oc1c(CN(C[C@H](O)Cc2ccccc2)C(C)C)c(C)nn1-c1ccccc1. The molecule has 1 aromatic heterocycles. The van der Waals surface area contributed by atoms with Gasteiger partial charge in [-0.05, 0) is 57.0 Å². The maximum atomic E-state index is 10.9. The van der Waals surface area contributed by atoms with Crippen LogP contribution in [0, 0.1) is 6.92 Å². The summed E-state index contributed by atoms with van der Waals surface area (Å²) in [5.74, 6) is 1.92. The summed E-state index contributed by atoms with van der Waals surface area (Å²) in [6.07, 6.45) is 0.120. The normalized spacial score (nSPS) is 12.2. The molecular formula is C30H35N3O3. The highest BCUT2D eigenvalue weighted by Crippen LogP contribution is 2.36. The zero-order valence-electron chi connectivity index (χ0n) is 21.5. The zero-order valence-corrected chi connectivity index (χ0v) is 21.5. The fraction of sp³-hybridized carbons (Fsp3) is 0.300. The monoisotopic (exact) mass is 485 g/mol. The fourth-order valence-electron chi connectivity index (χ4n) is 4.26. The van der Waals surface area contributed by atoms with Crippen LogP contribution < -0.4 is 9.47 Å². The third-order valence-corrected chi connectivity index (χ3v) is 6.26. The number of nitrogens with zero attached hydrogens (tertiary/aromatic N) is 3. The Hall–Kier alpha value is -3.61. The highest BCUT2D eigenvalue weighted by atomic mass is 16.5. The Morgan fingerprint density at radius 3 is 2.14 bits per heavy atom. The first-order chi connectivity index (χ1) is 17.5. The van der Waals surface area contributed by atoms with E-state index in [1.807, 2.05) is 84.4 Å². The van der Waals surface area contributed by atoms with Gasteiger partial charge in [-0.3, -0.25) is 4.90 Å². The van der Waals surface area contributed by atoms with Gasteiger partial charge in [-0.15, -0.1) is 0 Å². The third kappa shape index (κ3) is 6.14. The summed E-state index contributed by atoms with van der Waals surface area (Å²) in [5.41, 5.74) is 3.90. The maximum absolute atomic E-state index is 10.9. The van der Waals surface area contributed by atoms with Crippen molar-refractivity contribution in [2.75, 3.05) is 13.7 Å². The minimum Gasteiger partial charge on any atom is -0.493 e. The van der Waals surface area contributed by atoms with Crippen LogP contribution in [-0.2, 0) is 13.0 Å². The first kappa shape index (κ1) is 25.5. The van der Waals surface area contributed by atoms with E-state index >= 15 is 0 Å². The van der Waals surface area contributed by atoms with Gasteiger partial charge in [0.05, 0.1) is 30.2 Å². The molecule has 0 saturated heterocycles. The topological polar surface area (TPSA) is 59.8 Å². The predicted octanol–water partition coefficient (Wildman–Crippen LogP) is 5.80. The van der Waals surface area contributed by atoms with Gasteiger partial charge in [0.25, 0.3) is 0 Å². The minimum absolute atomic E-state index is 0.217. The highest BCUT2D eigenvalue weighted by molar-refractivity contribution is 5.47. The number of rotatable bonds is 11. The number of methoxy groups -OCH3 is 1. The van der Waals surface area contributed by atoms with Gasteiger partial charge in [0.1, 0.15) is 0 Å². The Bertz CT molecular complexity index is 1240. The fourth-order valence-corrected chi connectivity index (χ4v) is 4.26. The number of aliphatic hydroxyl groups excluding tert-OH is 1. The second-order valence-electron chi connectivity index (χ2n) is 9.24. The van der Waals surface area contributed by atoms with Crippen LogP contribution in [0.15, 0.2) is 84.9 Å². The van der Waals surface area contributed by atoms with Crippen LogP contribution in [0.3, 0.4) is 0 Å². The van der Waals surface area contributed by atoms with Crippen molar-refractivity contribution in [2.45, 2.75) is 45.9 Å². The van der Waals surface area contributed by atoms with Crippen molar-refractivity contribution in [3.8, 4) is 23.1 Å². The molecule has 36 heavy (non-hydrogen) atoms. The average Bonchev–Trinajstić information content (AvgIpc) is 3.19. The second-order valence-corrected chi connectivity index (χ2v) is 9.24. The van der Waals surface area contributed by atoms with Gasteiger partial charge in [0, 0.05) is 19.1 Å². The molecule has 0 aliphatic heterocycles. The van der Waals surface area contributed by atoms with Gasteiger partial charge < -0.3 is 14.6 Å². The van der Waals surface area contributed by atoms with Crippen LogP contribution >= 0.6 is 0 Å². The molecule has 0 spiro atoms. The van der Waals surface area contributed by atoms with E-state index in [2.05, 4.69) is 30.9 Å². The molecule has 0 saturated carbocycles. The summed E-state index contributed by atoms with van der Waals surface area (Å²) in [4.78, 5) is 2.27. The molecule has 1 N–H and O–H groups in total. The van der Waals surface area contributed by atoms with Crippen molar-refractivity contribution in [3.63, 3.8) is 0 Å². The Kier molecular flexibility index (Phi) is 8.41. The van der Waals surface area contributed by atoms with E-state index in [0.717, 1.165) is 22.5 Å². The van der Waals surface area contributed by atoms with E-state index in [1.165, 1.54) is 0 Å². The summed E-state index contributed by atoms with van der Waals surface area (Å²) in [6, 6.07) is 27.9. The first-order valence-electron chi connectivity index (χ1n) is 12.4. The molecule has 4 rings (SSSR count). The highest BCUT2D eigenvalue weighted by Gasteiger charge is 2.24. The third-order valence-electron chi connectivity index (χ3n) is 6.26. The molecule has 0 aliphatic carbocycles. The molecule has 3 aromatic carbocycles. The maximum Gasteiger partial charge on any atom is 0.227 e. The van der Waals surface area contributed by atoms with Crippen molar-refractivity contribution < 1.29 is 14.6 Å². The van der Waals surface area contributed by atoms with Gasteiger partial charge in [0.2, 0.25) is 5.88 Å². The molecule has 0 unspecified atom stereocenters. The molecule has 188 valence electrons. The van der Waals surface area contributed by atoms with Crippen LogP contribution in [0.1, 0.15) is 30.7 Å². The van der Waals surface area contributed by atoms with E-state index in [-0.39, 0.29) is 6.04 Å². The molecular weight excluding hydrogens is 450 g/mol. The van der Waals surface area contributed by atoms with Crippen LogP contribution in [0.25, 0.3) is 5.69 Å². The van der Waals surface area contributed by atoms with E-state index in [9.17, 15) is 5.11 Å². The lowest BCUT2D eigenvalue weighted by Gasteiger charge is -2.29. The van der Waals surface area contributed by atoms with Crippen molar-refractivity contribution >= 4 is 0 Å². The molecule has 0 bridgehead atoms. The second kappa shape index (κ2) is 11.9. The minimum atomic E-state index is -0.488. The average molecular weight is 486 g/mol. The van der Waals surface area contributed by atoms with E-state index in [0.29, 0.717) is 36.9 Å². The molecule has 0 fully saturated rings. The largest absolute Gasteiger partial charge is 0.493 e. The van der Waals surface area contributed by atoms with Gasteiger partial charge in [0.15, 0.2) is 11.5 Å². The Balaban J connectivity index is 1.66. The van der Waals surface area contributed by atoms with Gasteiger partial charge in [-0.25, -0.2) is 4.68 Å². The predicted molar refractivity (Wildman–Crippen MR) is 143 cm³/mol. The first-order valence-corrected chi connectivity index (χ1v) is 12.4. The van der Waals surface area contributed by atoms with Crippen LogP contribution in [0.4, 0.5) is 0 Å². The summed E-state index contributed by atoms with van der Waals surface area (Å²) in [7, 11) is 1.64. The molecule has 0 amide bonds. The zero-order chi connectivity index (χ0) is 25.5. The molecule has 1 atom stereocenters. The molecule has 6 nitrogen and oxygen atoms in total. The molecule has 0 aliphatic rings. The van der Waals surface area contributed by atoms with Crippen LogP contribution in [0.2, 0.25) is 0 Å². The standard InChI is InChI=1S/C30H35N3O3/c1-22(2)32(20-26(34)19-24-13-7-5-8-14-24)21-27-23(3)31-33(25-15-9-6-10-16-25)30(27)36-29-18-12-11-17-28(29)35-4/h5-18,22,26,34H,19-21H2,1-4H3/t26-/m1/s1. The van der Waals surface area contributed by atoms with Crippen molar-refractivity contribution in [1.82, 2.24) is 14.7 Å². The van der Waals surface area contributed by atoms with Crippen molar-refractivity contribution in [2.24, 2.45) is 0 Å². The van der Waals surface area contributed by atoms with Crippen molar-refractivity contribution in [3.05, 3.63) is 102 Å². The quantitative estimate of drug-likeness (QED) is 0.291. The summed E-state index contributed by atoms with van der Waals surface area (Å²) >= 11 is 0. The number of aliphatic hydroxyl groups is 1. The van der Waals surface area contributed by atoms with Crippen LogP contribution in [0.5, 0.6) is 17.4 Å². The van der Waals surface area contributed by atoms with Gasteiger partial charge in [-0.2, -0.15) is 5.10 Å². The van der Waals surface area contributed by atoms with E-state index < -0.39 is 6.10 Å². The summed E-state index contributed by atoms with van der Waals surface area (Å²) < 4.78 is 13.9. The number of hydrogen-bond acceptors (Lipinski definition) is 5. The molecule has 4 aromatic rings. The van der Waals surface area contributed by atoms with E-state index in [4.69, 9.17) is 14.6 Å². The smallest absolute Gasteiger partial charge is 0.227 e. The van der Waals surface area contributed by atoms with Crippen LogP contribution in [-0.4, -0.2) is 45.6 Å². The van der Waals surface area contributed by atoms with E-state index in [1.54, 1.807) is 7.11 Å². The summed E-state index contributed by atoms with van der Waals surface area (Å²) in [6.45, 7) is 7.42. The lowest BCUT2D eigenvalue weighted by atomic mass is 10.1. The molecule has 6 heteroatoms. The Morgan fingerprint density at radius 1 is 0.889 bits per heavy atom. The number of benzene rings is 3.